The van der Waals surface area contributed by atoms with Crippen molar-refractivity contribution in [3.8, 4) is 11.4 Å². The van der Waals surface area contributed by atoms with Crippen LogP contribution in [0.5, 0.6) is 0 Å². The number of nitrogens with two attached hydrogens (primary N) is 1. The molecule has 0 saturated heterocycles. The minimum absolute atomic E-state index is 0.281. The number of benzene rings is 1. The van der Waals surface area contributed by atoms with E-state index < -0.39 is 0 Å². The fraction of sp³-hybridized carbons (Fsp3) is 0.273. The largest absolute Gasteiger partial charge is 0.397 e. The number of anilines is 1. The normalized spacial score (nSPS) is 11.0. The highest BCUT2D eigenvalue weighted by Crippen LogP contribution is 2.30. The Morgan fingerprint density at radius 1 is 1.38 bits per heavy atom. The lowest BCUT2D eigenvalue weighted by Crippen LogP contribution is -2.03. The Kier molecular flexibility index (Phi) is 2.83. The van der Waals surface area contributed by atoms with Crippen molar-refractivity contribution >= 4 is 17.3 Å². The molecule has 5 heteroatoms. The maximum Gasteiger partial charge on any atom is 0.166 e. The van der Waals surface area contributed by atoms with E-state index in [9.17, 15) is 0 Å². The van der Waals surface area contributed by atoms with Crippen LogP contribution in [-0.2, 0) is 0 Å². The van der Waals surface area contributed by atoms with Gasteiger partial charge in [-0.1, -0.05) is 17.7 Å². The first kappa shape index (κ1) is 11.0. The summed E-state index contributed by atoms with van der Waals surface area (Å²) >= 11 is 5.98. The Bertz CT molecular complexity index is 504. The van der Waals surface area contributed by atoms with E-state index in [1.807, 2.05) is 16.7 Å². The molecule has 0 spiro atoms. The highest BCUT2D eigenvalue weighted by Gasteiger charge is 2.13. The minimum atomic E-state index is 0.281. The average molecular weight is 237 g/mol. The van der Waals surface area contributed by atoms with E-state index in [-0.39, 0.29) is 6.04 Å². The molecule has 84 valence electrons. The lowest BCUT2D eigenvalue weighted by molar-refractivity contribution is 0.604. The molecular weight excluding hydrogens is 224 g/mol. The number of rotatable bonds is 2. The third-order valence-corrected chi connectivity index (χ3v) is 2.75. The second kappa shape index (κ2) is 4.14. The van der Waals surface area contributed by atoms with Gasteiger partial charge in [-0.3, -0.25) is 0 Å². The van der Waals surface area contributed by atoms with Crippen molar-refractivity contribution in [2.75, 3.05) is 5.73 Å². The molecule has 16 heavy (non-hydrogen) atoms. The van der Waals surface area contributed by atoms with Crippen LogP contribution in [0.1, 0.15) is 19.9 Å². The second-order valence-electron chi connectivity index (χ2n) is 3.86. The average Bonchev–Trinajstić information content (AvgIpc) is 2.70. The van der Waals surface area contributed by atoms with Crippen molar-refractivity contribution in [1.82, 2.24) is 14.8 Å². The van der Waals surface area contributed by atoms with Crippen molar-refractivity contribution in [3.63, 3.8) is 0 Å². The standard InChI is InChI=1S/C11H13ClN4/c1-7(2)16-6-14-15-11(16)8-4-3-5-9(12)10(8)13/h3-7H,13H2,1-2H3. The third-order valence-electron chi connectivity index (χ3n) is 2.42. The lowest BCUT2D eigenvalue weighted by atomic mass is 10.1. The molecule has 4 nitrogen and oxygen atoms in total. The van der Waals surface area contributed by atoms with E-state index in [1.54, 1.807) is 12.4 Å². The smallest absolute Gasteiger partial charge is 0.166 e. The number of nitrogens with zero attached hydrogens (tertiary/aromatic N) is 3. The van der Waals surface area contributed by atoms with Crippen LogP contribution in [0.4, 0.5) is 5.69 Å². The van der Waals surface area contributed by atoms with E-state index in [4.69, 9.17) is 17.3 Å². The summed E-state index contributed by atoms with van der Waals surface area (Å²) in [5.74, 6) is 0.745. The molecule has 0 bridgehead atoms. The van der Waals surface area contributed by atoms with Gasteiger partial charge in [-0.15, -0.1) is 10.2 Å². The van der Waals surface area contributed by atoms with E-state index in [2.05, 4.69) is 24.0 Å². The highest BCUT2D eigenvalue weighted by atomic mass is 35.5. The van der Waals surface area contributed by atoms with Crippen molar-refractivity contribution in [2.45, 2.75) is 19.9 Å². The topological polar surface area (TPSA) is 56.7 Å². The molecule has 2 N–H and O–H groups in total. The Labute approximate surface area is 99.1 Å². The predicted molar refractivity (Wildman–Crippen MR) is 65.3 cm³/mol. The number of hydrogen-bond acceptors (Lipinski definition) is 3. The first-order valence-corrected chi connectivity index (χ1v) is 5.43. The fourth-order valence-corrected chi connectivity index (χ4v) is 1.72. The lowest BCUT2D eigenvalue weighted by Gasteiger charge is -2.11. The molecular formula is C11H13ClN4. The maximum absolute atomic E-state index is 5.98. The van der Waals surface area contributed by atoms with E-state index in [1.165, 1.54) is 0 Å². The molecule has 0 unspecified atom stereocenters. The number of aromatic nitrogens is 3. The predicted octanol–water partition coefficient (Wildman–Crippen LogP) is 2.76. The molecule has 0 aliphatic carbocycles. The van der Waals surface area contributed by atoms with Crippen LogP contribution in [0.25, 0.3) is 11.4 Å². The van der Waals surface area contributed by atoms with Crippen LogP contribution < -0.4 is 5.73 Å². The van der Waals surface area contributed by atoms with Crippen molar-refractivity contribution < 1.29 is 0 Å². The van der Waals surface area contributed by atoms with Crippen molar-refractivity contribution in [1.29, 1.82) is 0 Å². The molecule has 1 heterocycles. The van der Waals surface area contributed by atoms with Gasteiger partial charge >= 0.3 is 0 Å². The summed E-state index contributed by atoms with van der Waals surface area (Å²) in [5.41, 5.74) is 7.29. The van der Waals surface area contributed by atoms with Gasteiger partial charge in [0.2, 0.25) is 0 Å². The van der Waals surface area contributed by atoms with Gasteiger partial charge in [0.25, 0.3) is 0 Å². The zero-order valence-corrected chi connectivity index (χ0v) is 9.94. The zero-order chi connectivity index (χ0) is 11.7. The maximum atomic E-state index is 5.98. The summed E-state index contributed by atoms with van der Waals surface area (Å²) in [7, 11) is 0. The van der Waals surface area contributed by atoms with Crippen LogP contribution in [0.2, 0.25) is 5.02 Å². The first-order chi connectivity index (χ1) is 7.61. The van der Waals surface area contributed by atoms with Gasteiger partial charge in [0, 0.05) is 11.6 Å². The Morgan fingerprint density at radius 2 is 2.12 bits per heavy atom. The molecule has 0 fully saturated rings. The summed E-state index contributed by atoms with van der Waals surface area (Å²) in [4.78, 5) is 0. The van der Waals surface area contributed by atoms with Gasteiger partial charge in [-0.25, -0.2) is 0 Å². The van der Waals surface area contributed by atoms with Gasteiger partial charge in [-0.2, -0.15) is 0 Å². The van der Waals surface area contributed by atoms with Gasteiger partial charge in [0.1, 0.15) is 6.33 Å². The number of nitrogen functional groups attached to an aromatic ring is 1. The third kappa shape index (κ3) is 1.76. The molecule has 2 aromatic rings. The molecule has 1 aromatic carbocycles. The molecule has 1 aromatic heterocycles. The van der Waals surface area contributed by atoms with Gasteiger partial charge < -0.3 is 10.3 Å². The highest BCUT2D eigenvalue weighted by molar-refractivity contribution is 6.33. The van der Waals surface area contributed by atoms with E-state index in [0.717, 1.165) is 11.4 Å². The molecule has 0 aliphatic heterocycles. The molecule has 0 saturated carbocycles. The van der Waals surface area contributed by atoms with Crippen LogP contribution in [0.3, 0.4) is 0 Å². The summed E-state index contributed by atoms with van der Waals surface area (Å²) < 4.78 is 1.96. The molecule has 0 aliphatic rings. The van der Waals surface area contributed by atoms with Gasteiger partial charge in [-0.05, 0) is 26.0 Å². The number of hydrogen-bond donors (Lipinski definition) is 1. The van der Waals surface area contributed by atoms with Crippen molar-refractivity contribution in [2.24, 2.45) is 0 Å². The number of halogens is 1. The van der Waals surface area contributed by atoms with E-state index in [0.29, 0.717) is 10.7 Å². The Hall–Kier alpha value is -1.55. The van der Waals surface area contributed by atoms with Gasteiger partial charge in [0.15, 0.2) is 5.82 Å². The summed E-state index contributed by atoms with van der Waals surface area (Å²) in [6, 6.07) is 5.79. The van der Waals surface area contributed by atoms with E-state index >= 15 is 0 Å². The number of para-hydroxylation sites is 1. The van der Waals surface area contributed by atoms with Crippen LogP contribution in [-0.4, -0.2) is 14.8 Å². The van der Waals surface area contributed by atoms with Crippen LogP contribution in [0, 0.1) is 0 Å². The van der Waals surface area contributed by atoms with Crippen LogP contribution in [0.15, 0.2) is 24.5 Å². The summed E-state index contributed by atoms with van der Waals surface area (Å²) in [6.45, 7) is 4.13. The fourth-order valence-electron chi connectivity index (χ4n) is 1.55. The van der Waals surface area contributed by atoms with Crippen LogP contribution >= 0.6 is 11.6 Å². The molecule has 0 atom stereocenters. The Balaban J connectivity index is 2.59. The monoisotopic (exact) mass is 236 g/mol. The quantitative estimate of drug-likeness (QED) is 0.816. The summed E-state index contributed by atoms with van der Waals surface area (Å²) in [5, 5.41) is 8.53. The SMILES string of the molecule is CC(C)n1cnnc1-c1cccc(Cl)c1N. The van der Waals surface area contributed by atoms with Gasteiger partial charge in [0.05, 0.1) is 10.7 Å². The Morgan fingerprint density at radius 3 is 2.81 bits per heavy atom. The minimum Gasteiger partial charge on any atom is -0.397 e. The first-order valence-electron chi connectivity index (χ1n) is 5.05. The zero-order valence-electron chi connectivity index (χ0n) is 9.18. The molecule has 0 radical (unpaired) electrons. The summed E-state index contributed by atoms with van der Waals surface area (Å²) in [6.07, 6.45) is 1.69. The van der Waals surface area contributed by atoms with Crippen molar-refractivity contribution in [3.05, 3.63) is 29.5 Å². The second-order valence-corrected chi connectivity index (χ2v) is 4.26. The molecule has 0 amide bonds. The molecule has 2 rings (SSSR count).